The van der Waals surface area contributed by atoms with Gasteiger partial charge < -0.3 is 14.2 Å². The molecule has 186 valence electrons. The van der Waals surface area contributed by atoms with E-state index >= 15 is 0 Å². The Balaban J connectivity index is 1.42. The van der Waals surface area contributed by atoms with E-state index in [4.69, 9.17) is 4.42 Å². The Labute approximate surface area is 202 Å². The van der Waals surface area contributed by atoms with Crippen molar-refractivity contribution < 1.29 is 22.4 Å². The Bertz CT molecular complexity index is 1120. The largest absolute Gasteiger partial charge is 0.437 e. The molecule has 0 spiro atoms. The standard InChI is InChI=1S/C26H29F3N4O2/c1-3-32(4-2)25-31-24(26(27,28)29)23(35-25)21(34)16-18-10-11-22(30-17-18)33-14-12-20(13-15-33)19-8-6-5-7-9-19/h5-11,17,20H,3-4,12-16H2,1-2H3. The van der Waals surface area contributed by atoms with Gasteiger partial charge in [0, 0.05) is 38.8 Å². The summed E-state index contributed by atoms with van der Waals surface area (Å²) in [6, 6.07) is 13.8. The zero-order valence-corrected chi connectivity index (χ0v) is 19.9. The average Bonchev–Trinajstić information content (AvgIpc) is 3.32. The van der Waals surface area contributed by atoms with Crippen LogP contribution in [-0.4, -0.2) is 41.9 Å². The maximum absolute atomic E-state index is 13.5. The number of nitrogens with zero attached hydrogens (tertiary/aromatic N) is 4. The number of benzene rings is 1. The molecule has 1 aliphatic heterocycles. The van der Waals surface area contributed by atoms with Gasteiger partial charge >= 0.3 is 6.18 Å². The van der Waals surface area contributed by atoms with Gasteiger partial charge in [-0.05, 0) is 49.8 Å². The maximum atomic E-state index is 13.5. The molecule has 1 aromatic carbocycles. The van der Waals surface area contributed by atoms with Crippen LogP contribution < -0.4 is 9.80 Å². The highest BCUT2D eigenvalue weighted by Gasteiger charge is 2.41. The number of alkyl halides is 3. The molecule has 35 heavy (non-hydrogen) atoms. The fourth-order valence-corrected chi connectivity index (χ4v) is 4.46. The summed E-state index contributed by atoms with van der Waals surface area (Å²) in [5, 5.41) is 0. The molecular formula is C26H29F3N4O2. The van der Waals surface area contributed by atoms with Crippen molar-refractivity contribution in [3.8, 4) is 0 Å². The fraction of sp³-hybridized carbons (Fsp3) is 0.423. The van der Waals surface area contributed by atoms with E-state index in [9.17, 15) is 18.0 Å². The van der Waals surface area contributed by atoms with Crippen LogP contribution in [0, 0.1) is 0 Å². The number of piperidine rings is 1. The van der Waals surface area contributed by atoms with E-state index in [1.165, 1.54) is 10.5 Å². The summed E-state index contributed by atoms with van der Waals surface area (Å²) in [6.07, 6.45) is -1.45. The Morgan fingerprint density at radius 1 is 1.09 bits per heavy atom. The van der Waals surface area contributed by atoms with E-state index in [0.717, 1.165) is 31.7 Å². The van der Waals surface area contributed by atoms with Crippen molar-refractivity contribution in [2.75, 3.05) is 36.0 Å². The smallest absolute Gasteiger partial charge is 0.420 e. The third kappa shape index (κ3) is 5.66. The molecule has 1 fully saturated rings. The molecule has 0 aliphatic carbocycles. The highest BCUT2D eigenvalue weighted by molar-refractivity contribution is 5.96. The van der Waals surface area contributed by atoms with Crippen molar-refractivity contribution in [1.82, 2.24) is 9.97 Å². The molecule has 9 heteroatoms. The quantitative estimate of drug-likeness (QED) is 0.378. The number of aromatic nitrogens is 2. The Hall–Kier alpha value is -3.36. The first-order valence-electron chi connectivity index (χ1n) is 11.9. The van der Waals surface area contributed by atoms with Crippen LogP contribution in [0.5, 0.6) is 0 Å². The molecule has 3 heterocycles. The van der Waals surface area contributed by atoms with Gasteiger partial charge in [0.05, 0.1) is 0 Å². The predicted octanol–water partition coefficient (Wildman–Crippen LogP) is 5.74. The summed E-state index contributed by atoms with van der Waals surface area (Å²) < 4.78 is 45.8. The summed E-state index contributed by atoms with van der Waals surface area (Å²) in [7, 11) is 0. The molecule has 1 aliphatic rings. The van der Waals surface area contributed by atoms with Crippen LogP contribution in [0.4, 0.5) is 25.0 Å². The average molecular weight is 487 g/mol. The number of hydrogen-bond acceptors (Lipinski definition) is 6. The van der Waals surface area contributed by atoms with Crippen molar-refractivity contribution in [3.63, 3.8) is 0 Å². The lowest BCUT2D eigenvalue weighted by Gasteiger charge is -2.33. The summed E-state index contributed by atoms with van der Waals surface area (Å²) in [6.45, 7) is 6.11. The van der Waals surface area contributed by atoms with Crippen molar-refractivity contribution >= 4 is 17.6 Å². The third-order valence-electron chi connectivity index (χ3n) is 6.44. The molecule has 6 nitrogen and oxygen atoms in total. The van der Waals surface area contributed by atoms with Crippen LogP contribution in [0.1, 0.15) is 60.0 Å². The number of pyridine rings is 1. The van der Waals surface area contributed by atoms with Gasteiger partial charge in [-0.2, -0.15) is 18.2 Å². The first-order valence-corrected chi connectivity index (χ1v) is 11.9. The van der Waals surface area contributed by atoms with Gasteiger partial charge in [0.1, 0.15) is 5.82 Å². The second kappa shape index (κ2) is 10.5. The second-order valence-electron chi connectivity index (χ2n) is 8.64. The minimum Gasteiger partial charge on any atom is -0.420 e. The van der Waals surface area contributed by atoms with Gasteiger partial charge in [-0.25, -0.2) is 4.98 Å². The maximum Gasteiger partial charge on any atom is 0.437 e. The molecule has 0 bridgehead atoms. The van der Waals surface area contributed by atoms with Crippen molar-refractivity contribution in [3.05, 3.63) is 71.2 Å². The number of hydrogen-bond donors (Lipinski definition) is 0. The highest BCUT2D eigenvalue weighted by atomic mass is 19.4. The monoisotopic (exact) mass is 486 g/mol. The van der Waals surface area contributed by atoms with Crippen molar-refractivity contribution in [2.45, 2.75) is 45.2 Å². The summed E-state index contributed by atoms with van der Waals surface area (Å²) >= 11 is 0. The number of halogens is 3. The molecular weight excluding hydrogens is 457 g/mol. The fourth-order valence-electron chi connectivity index (χ4n) is 4.46. The lowest BCUT2D eigenvalue weighted by atomic mass is 9.89. The van der Waals surface area contributed by atoms with E-state index in [-0.39, 0.29) is 12.4 Å². The second-order valence-corrected chi connectivity index (χ2v) is 8.64. The van der Waals surface area contributed by atoms with E-state index in [2.05, 4.69) is 39.1 Å². The number of Topliss-reactive ketones (excluding diaryl/α,β-unsaturated/α-hetero) is 1. The Morgan fingerprint density at radius 2 is 1.77 bits per heavy atom. The van der Waals surface area contributed by atoms with Gasteiger partial charge in [0.2, 0.25) is 11.5 Å². The van der Waals surface area contributed by atoms with Gasteiger partial charge in [0.15, 0.2) is 5.69 Å². The minimum absolute atomic E-state index is 0.196. The number of oxazole rings is 1. The summed E-state index contributed by atoms with van der Waals surface area (Å²) in [5.41, 5.74) is 0.589. The minimum atomic E-state index is -4.78. The van der Waals surface area contributed by atoms with E-state index < -0.39 is 23.4 Å². The molecule has 0 radical (unpaired) electrons. The molecule has 0 unspecified atom stereocenters. The van der Waals surface area contributed by atoms with Gasteiger partial charge in [-0.1, -0.05) is 36.4 Å². The third-order valence-corrected chi connectivity index (χ3v) is 6.44. The van der Waals surface area contributed by atoms with Gasteiger partial charge in [0.25, 0.3) is 6.01 Å². The predicted molar refractivity (Wildman–Crippen MR) is 128 cm³/mol. The number of rotatable bonds is 8. The van der Waals surface area contributed by atoms with Crippen LogP contribution in [-0.2, 0) is 12.6 Å². The lowest BCUT2D eigenvalue weighted by molar-refractivity contribution is -0.141. The lowest BCUT2D eigenvalue weighted by Crippen LogP contribution is -2.33. The normalized spacial score (nSPS) is 14.8. The Kier molecular flexibility index (Phi) is 7.42. The van der Waals surface area contributed by atoms with Gasteiger partial charge in [-0.15, -0.1) is 0 Å². The molecule has 0 atom stereocenters. The number of anilines is 2. The summed E-state index contributed by atoms with van der Waals surface area (Å²) in [5.74, 6) is -0.213. The van der Waals surface area contributed by atoms with Crippen molar-refractivity contribution in [2.24, 2.45) is 0 Å². The molecule has 0 N–H and O–H groups in total. The molecule has 4 rings (SSSR count). The number of ketones is 1. The first kappa shape index (κ1) is 24.8. The van der Waals surface area contributed by atoms with Crippen LogP contribution >= 0.6 is 0 Å². The number of carbonyl (C=O) groups is 1. The van der Waals surface area contributed by atoms with Crippen LogP contribution in [0.25, 0.3) is 0 Å². The van der Waals surface area contributed by atoms with Crippen LogP contribution in [0.2, 0.25) is 0 Å². The zero-order chi connectivity index (χ0) is 25.0. The van der Waals surface area contributed by atoms with Crippen LogP contribution in [0.3, 0.4) is 0 Å². The SMILES string of the molecule is CCN(CC)c1nc(C(F)(F)F)c(C(=O)Cc2ccc(N3CCC(c4ccccc4)CC3)nc2)o1. The van der Waals surface area contributed by atoms with E-state index in [1.807, 2.05) is 12.1 Å². The molecule has 1 saturated heterocycles. The van der Waals surface area contributed by atoms with E-state index in [0.29, 0.717) is 24.6 Å². The Morgan fingerprint density at radius 3 is 2.34 bits per heavy atom. The topological polar surface area (TPSA) is 62.5 Å². The van der Waals surface area contributed by atoms with E-state index in [1.54, 1.807) is 26.1 Å². The highest BCUT2D eigenvalue weighted by Crippen LogP contribution is 2.35. The summed E-state index contributed by atoms with van der Waals surface area (Å²) in [4.78, 5) is 24.5. The van der Waals surface area contributed by atoms with Gasteiger partial charge in [-0.3, -0.25) is 4.79 Å². The zero-order valence-electron chi connectivity index (χ0n) is 19.9. The van der Waals surface area contributed by atoms with Crippen LogP contribution in [0.15, 0.2) is 53.1 Å². The number of carbonyl (C=O) groups excluding carboxylic acids is 1. The first-order chi connectivity index (χ1) is 16.8. The molecule has 2 aromatic heterocycles. The molecule has 3 aromatic rings. The molecule has 0 amide bonds. The molecule has 0 saturated carbocycles. The van der Waals surface area contributed by atoms with Crippen molar-refractivity contribution in [1.29, 1.82) is 0 Å².